The molecule has 0 aromatic heterocycles. The molecule has 2 aromatic rings. The van der Waals surface area contributed by atoms with Gasteiger partial charge >= 0.3 is 180 Å². The average molecular weight is 690 g/mol. The first kappa shape index (κ1) is 21.8. The molecule has 2 atom stereocenters. The van der Waals surface area contributed by atoms with Crippen molar-refractivity contribution in [2.24, 2.45) is 0 Å². The third-order valence-corrected chi connectivity index (χ3v) is 6.37. The van der Waals surface area contributed by atoms with Crippen LogP contribution in [-0.2, 0) is 48.2 Å². The first-order valence-electron chi connectivity index (χ1n) is 9.06. The Morgan fingerprint density at radius 3 is 1.35 bits per heavy atom. The Balaban J connectivity index is 2.39. The van der Waals surface area contributed by atoms with Crippen molar-refractivity contribution in [1.82, 2.24) is 0 Å². The van der Waals surface area contributed by atoms with E-state index in [1.165, 1.54) is 58.0 Å². The van der Waals surface area contributed by atoms with E-state index < -0.39 is 0 Å². The summed E-state index contributed by atoms with van der Waals surface area (Å²) in [5.74, 6) is 0.764. The van der Waals surface area contributed by atoms with Crippen LogP contribution in [0.5, 0.6) is 0 Å². The van der Waals surface area contributed by atoms with Crippen molar-refractivity contribution < 1.29 is 48.2 Å². The Hall–Kier alpha value is -0.523. The van der Waals surface area contributed by atoms with E-state index in [0.29, 0.717) is 11.8 Å². The van der Waals surface area contributed by atoms with Crippen molar-refractivity contribution in [3.8, 4) is 0 Å². The fourth-order valence-corrected chi connectivity index (χ4v) is 5.32. The van der Waals surface area contributed by atoms with Crippen LogP contribution in [0.3, 0.4) is 0 Å². The second-order valence-corrected chi connectivity index (χ2v) is 9.32. The van der Waals surface area contributed by atoms with E-state index in [-0.39, 0.29) is 0 Å². The van der Waals surface area contributed by atoms with Crippen LogP contribution in [0.1, 0.15) is 49.7 Å². The zero-order valence-electron chi connectivity index (χ0n) is 15.4. The molecule has 0 N–H and O–H groups in total. The van der Waals surface area contributed by atoms with Gasteiger partial charge in [-0.05, 0) is 0 Å². The summed E-state index contributed by atoms with van der Waals surface area (Å²) < 4.78 is 14.1. The molecule has 0 amide bonds. The molecule has 0 radical (unpaired) electrons. The van der Waals surface area contributed by atoms with E-state index >= 15 is 0 Å². The number of hydrogen-bond acceptors (Lipinski definition) is 2. The normalized spacial score (nSPS) is 13.2. The monoisotopic (exact) mass is 690 g/mol. The van der Waals surface area contributed by atoms with E-state index in [1.54, 1.807) is 0 Å². The summed E-state index contributed by atoms with van der Waals surface area (Å²) in [5.41, 5.74) is 2.75. The second kappa shape index (κ2) is 12.0. The molecule has 0 spiro atoms. The van der Waals surface area contributed by atoms with Crippen molar-refractivity contribution in [1.29, 1.82) is 0 Å². The van der Waals surface area contributed by atoms with E-state index in [0.717, 1.165) is 26.1 Å². The first-order chi connectivity index (χ1) is 12.7. The van der Waals surface area contributed by atoms with Gasteiger partial charge in [-0.15, -0.1) is 0 Å². The van der Waals surface area contributed by atoms with Gasteiger partial charge in [0, 0.05) is 0 Å². The predicted octanol–water partition coefficient (Wildman–Crippen LogP) is 4.76. The average Bonchev–Trinajstić information content (AvgIpc) is 2.66. The van der Waals surface area contributed by atoms with Gasteiger partial charge in [0.15, 0.2) is 0 Å². The Kier molecular flexibility index (Phi) is 10.1. The SMILES string of the molecule is CCO[C](=[W])CC(c1ccccc1)C(C[C](=[W])OCC)c1ccccc1. The molecule has 0 bridgehead atoms. The molecule has 0 aliphatic heterocycles. The van der Waals surface area contributed by atoms with Crippen LogP contribution < -0.4 is 0 Å². The van der Waals surface area contributed by atoms with E-state index in [2.05, 4.69) is 74.5 Å². The van der Waals surface area contributed by atoms with Gasteiger partial charge < -0.3 is 0 Å². The van der Waals surface area contributed by atoms with Gasteiger partial charge in [0.05, 0.1) is 0 Å². The molecular formula is C22H26O2W2. The third kappa shape index (κ3) is 6.89. The Morgan fingerprint density at radius 1 is 0.692 bits per heavy atom. The maximum atomic E-state index is 5.85. The minimum atomic E-state index is 0.382. The molecule has 0 fully saturated rings. The molecule has 0 aliphatic carbocycles. The van der Waals surface area contributed by atoms with Crippen LogP contribution in [0.25, 0.3) is 0 Å². The van der Waals surface area contributed by atoms with Crippen molar-refractivity contribution in [2.45, 2.75) is 38.5 Å². The molecule has 26 heavy (non-hydrogen) atoms. The molecule has 138 valence electrons. The number of rotatable bonds is 11. The Morgan fingerprint density at radius 2 is 1.04 bits per heavy atom. The Bertz CT molecular complexity index is 624. The molecule has 0 heterocycles. The Labute approximate surface area is 179 Å². The zero-order chi connectivity index (χ0) is 18.8. The molecule has 2 nitrogen and oxygen atoms in total. The van der Waals surface area contributed by atoms with Gasteiger partial charge in [-0.25, -0.2) is 0 Å². The molecule has 2 aromatic carbocycles. The summed E-state index contributed by atoms with van der Waals surface area (Å²) in [6.45, 7) is 5.60. The van der Waals surface area contributed by atoms with Gasteiger partial charge in [0.25, 0.3) is 0 Å². The van der Waals surface area contributed by atoms with Crippen molar-refractivity contribution in [3.63, 3.8) is 0 Å². The number of benzene rings is 2. The summed E-state index contributed by atoms with van der Waals surface area (Å²) >= 11 is 2.84. The predicted molar refractivity (Wildman–Crippen MR) is 101 cm³/mol. The van der Waals surface area contributed by atoms with Crippen molar-refractivity contribution >= 4 is 8.17 Å². The maximum absolute atomic E-state index is 5.85. The molecule has 4 heteroatoms. The summed E-state index contributed by atoms with van der Waals surface area (Å²) in [4.78, 5) is 0. The van der Waals surface area contributed by atoms with Crippen LogP contribution >= 0.6 is 0 Å². The molecule has 0 aliphatic rings. The number of hydrogen-bond donors (Lipinski definition) is 0. The summed E-state index contributed by atoms with van der Waals surface area (Å²) in [6.07, 6.45) is 1.92. The zero-order valence-corrected chi connectivity index (χ0v) is 21.3. The van der Waals surface area contributed by atoms with Crippen molar-refractivity contribution in [3.05, 3.63) is 71.8 Å². The topological polar surface area (TPSA) is 18.5 Å². The molecule has 2 rings (SSSR count). The molecular weight excluding hydrogens is 664 g/mol. The van der Waals surface area contributed by atoms with Gasteiger partial charge in [0.2, 0.25) is 0 Å². The second-order valence-electron chi connectivity index (χ2n) is 6.05. The van der Waals surface area contributed by atoms with Gasteiger partial charge in [-0.2, -0.15) is 0 Å². The van der Waals surface area contributed by atoms with E-state index in [1.807, 2.05) is 0 Å². The minimum absolute atomic E-state index is 0.382. The van der Waals surface area contributed by atoms with Crippen molar-refractivity contribution in [2.75, 3.05) is 13.2 Å². The summed E-state index contributed by atoms with van der Waals surface area (Å²) in [5, 5.41) is 0. The molecule has 2 unspecified atom stereocenters. The van der Waals surface area contributed by atoms with Crippen LogP contribution in [0.15, 0.2) is 60.7 Å². The first-order valence-corrected chi connectivity index (χ1v) is 12.0. The molecule has 0 saturated carbocycles. The van der Waals surface area contributed by atoms with Gasteiger partial charge in [-0.1, -0.05) is 0 Å². The van der Waals surface area contributed by atoms with Crippen LogP contribution in [-0.4, -0.2) is 21.4 Å². The summed E-state index contributed by atoms with van der Waals surface area (Å²) in [6, 6.07) is 21.7. The van der Waals surface area contributed by atoms with Gasteiger partial charge in [0.1, 0.15) is 0 Å². The quantitative estimate of drug-likeness (QED) is 0.339. The fourth-order valence-electron chi connectivity index (χ4n) is 3.18. The molecule has 0 saturated heterocycles. The standard InChI is InChI=1S/C22H26O2.2W/c1-3-23-17-15-21(19-11-7-5-8-12-19)22(16-18-24-4-2)20-13-9-6-10-14-20;;/h5-14,21-22H,3-4,15-16H2,1-2H3;;. The van der Waals surface area contributed by atoms with E-state index in [9.17, 15) is 0 Å². The van der Waals surface area contributed by atoms with E-state index in [4.69, 9.17) is 9.47 Å². The van der Waals surface area contributed by atoms with Crippen LogP contribution in [0.4, 0.5) is 0 Å². The van der Waals surface area contributed by atoms with Crippen LogP contribution in [0.2, 0.25) is 0 Å². The third-order valence-electron chi connectivity index (χ3n) is 4.32. The number of ether oxygens (including phenoxy) is 2. The van der Waals surface area contributed by atoms with Crippen LogP contribution in [0, 0.1) is 0 Å². The fraction of sp³-hybridized carbons (Fsp3) is 0.364. The summed E-state index contributed by atoms with van der Waals surface area (Å²) in [7, 11) is 0. The van der Waals surface area contributed by atoms with Gasteiger partial charge in [-0.3, -0.25) is 0 Å².